The average molecular weight is 331 g/mol. The van der Waals surface area contributed by atoms with Crippen molar-refractivity contribution >= 4 is 17.7 Å². The maximum Gasteiger partial charge on any atom is 0.258 e. The van der Waals surface area contributed by atoms with Crippen molar-refractivity contribution in [2.45, 2.75) is 17.9 Å². The van der Waals surface area contributed by atoms with Gasteiger partial charge in [0.1, 0.15) is 5.75 Å². The number of aliphatic hydroxyl groups is 1. The number of ether oxygens (including phenoxy) is 1. The van der Waals surface area contributed by atoms with Crippen LogP contribution in [0.5, 0.6) is 5.75 Å². The Balaban J connectivity index is 1.75. The van der Waals surface area contributed by atoms with E-state index in [1.807, 2.05) is 61.7 Å². The summed E-state index contributed by atoms with van der Waals surface area (Å²) in [6.07, 6.45) is 1.27. The number of aliphatic hydroxyl groups excluding tert-OH is 1. The van der Waals surface area contributed by atoms with Crippen molar-refractivity contribution in [3.8, 4) is 5.75 Å². The van der Waals surface area contributed by atoms with Gasteiger partial charge in [-0.3, -0.25) is 4.79 Å². The van der Waals surface area contributed by atoms with Crippen LogP contribution in [-0.4, -0.2) is 30.4 Å². The molecule has 0 heterocycles. The van der Waals surface area contributed by atoms with Crippen molar-refractivity contribution < 1.29 is 14.6 Å². The van der Waals surface area contributed by atoms with Crippen LogP contribution < -0.4 is 10.1 Å². The summed E-state index contributed by atoms with van der Waals surface area (Å²) in [5, 5.41) is 12.8. The molecule has 0 spiro atoms. The van der Waals surface area contributed by atoms with E-state index in [9.17, 15) is 9.90 Å². The molecule has 0 saturated heterocycles. The normalized spacial score (nSPS) is 11.8. The van der Waals surface area contributed by atoms with Gasteiger partial charge >= 0.3 is 0 Å². The quantitative estimate of drug-likeness (QED) is 0.766. The largest absolute Gasteiger partial charge is 0.484 e. The van der Waals surface area contributed by atoms with Gasteiger partial charge in [0.2, 0.25) is 0 Å². The molecule has 2 aromatic rings. The smallest absolute Gasteiger partial charge is 0.258 e. The monoisotopic (exact) mass is 331 g/mol. The molecule has 4 nitrogen and oxygen atoms in total. The fourth-order valence-corrected chi connectivity index (χ4v) is 2.40. The molecule has 2 rings (SSSR count). The first-order valence-corrected chi connectivity index (χ1v) is 8.59. The Morgan fingerprint density at radius 3 is 2.43 bits per heavy atom. The Bertz CT molecular complexity index is 626. The minimum absolute atomic E-state index is 0.0683. The van der Waals surface area contributed by atoms with Crippen LogP contribution in [0, 0.1) is 6.92 Å². The van der Waals surface area contributed by atoms with Crippen molar-refractivity contribution in [3.05, 3.63) is 59.7 Å². The minimum atomic E-state index is -0.728. The number of nitrogens with one attached hydrogen (secondary N) is 1. The van der Waals surface area contributed by atoms with Crippen molar-refractivity contribution in [1.82, 2.24) is 5.32 Å². The van der Waals surface area contributed by atoms with Gasteiger partial charge in [-0.2, -0.15) is 0 Å². The predicted octanol–water partition coefficient (Wildman–Crippen LogP) is 2.95. The highest BCUT2D eigenvalue weighted by molar-refractivity contribution is 7.98. The van der Waals surface area contributed by atoms with Gasteiger partial charge in [0, 0.05) is 11.4 Å². The van der Waals surface area contributed by atoms with E-state index in [2.05, 4.69) is 5.32 Å². The minimum Gasteiger partial charge on any atom is -0.484 e. The van der Waals surface area contributed by atoms with Crippen LogP contribution in [0.2, 0.25) is 0 Å². The highest BCUT2D eigenvalue weighted by Crippen LogP contribution is 2.18. The molecule has 23 heavy (non-hydrogen) atoms. The second-order valence-corrected chi connectivity index (χ2v) is 6.07. The van der Waals surface area contributed by atoms with Crippen LogP contribution >= 0.6 is 11.8 Å². The zero-order chi connectivity index (χ0) is 16.7. The molecule has 0 aromatic heterocycles. The number of thioether (sulfide) groups is 1. The van der Waals surface area contributed by atoms with E-state index in [1.165, 1.54) is 0 Å². The summed E-state index contributed by atoms with van der Waals surface area (Å²) in [4.78, 5) is 12.9. The summed E-state index contributed by atoms with van der Waals surface area (Å²) in [6, 6.07) is 15.1. The Hall–Kier alpha value is -1.98. The summed E-state index contributed by atoms with van der Waals surface area (Å²) >= 11 is 1.64. The Morgan fingerprint density at radius 1 is 1.17 bits per heavy atom. The number of aryl methyl sites for hydroxylation is 1. The van der Waals surface area contributed by atoms with Gasteiger partial charge in [0.25, 0.3) is 5.91 Å². The van der Waals surface area contributed by atoms with Crippen LogP contribution in [0.25, 0.3) is 0 Å². The van der Waals surface area contributed by atoms with Crippen LogP contribution in [0.15, 0.2) is 53.4 Å². The fourth-order valence-electron chi connectivity index (χ4n) is 1.99. The summed E-state index contributed by atoms with van der Waals surface area (Å²) in [5.41, 5.74) is 1.92. The molecule has 0 aliphatic carbocycles. The van der Waals surface area contributed by atoms with E-state index >= 15 is 0 Å². The lowest BCUT2D eigenvalue weighted by Crippen LogP contribution is -2.32. The van der Waals surface area contributed by atoms with Crippen molar-refractivity contribution in [3.63, 3.8) is 0 Å². The summed E-state index contributed by atoms with van der Waals surface area (Å²) in [7, 11) is 0. The van der Waals surface area contributed by atoms with Gasteiger partial charge in [-0.05, 0) is 43.0 Å². The number of benzene rings is 2. The standard InChI is InChI=1S/C18H21NO3S/c1-13-3-7-15(8-4-13)22-12-18(21)19-11-17(20)14-5-9-16(23-2)10-6-14/h3-10,17,20H,11-12H2,1-2H3,(H,19,21). The van der Waals surface area contributed by atoms with Crippen LogP contribution in [0.1, 0.15) is 17.2 Å². The molecule has 2 N–H and O–H groups in total. The van der Waals surface area contributed by atoms with Crippen molar-refractivity contribution in [1.29, 1.82) is 0 Å². The Morgan fingerprint density at radius 2 is 1.83 bits per heavy atom. The molecular weight excluding hydrogens is 310 g/mol. The number of amides is 1. The number of hydrogen-bond donors (Lipinski definition) is 2. The van der Waals surface area contributed by atoms with Crippen molar-refractivity contribution in [2.75, 3.05) is 19.4 Å². The number of rotatable bonds is 7. The van der Waals surface area contributed by atoms with Gasteiger partial charge in [-0.25, -0.2) is 0 Å². The lowest BCUT2D eigenvalue weighted by Gasteiger charge is -2.13. The number of hydrogen-bond acceptors (Lipinski definition) is 4. The second kappa shape index (κ2) is 8.60. The Kier molecular flexibility index (Phi) is 6.50. The first-order valence-electron chi connectivity index (χ1n) is 7.36. The van der Waals surface area contributed by atoms with Crippen LogP contribution in [-0.2, 0) is 4.79 Å². The molecule has 0 radical (unpaired) electrons. The molecule has 1 amide bonds. The lowest BCUT2D eigenvalue weighted by molar-refractivity contribution is -0.123. The molecule has 0 fully saturated rings. The van der Waals surface area contributed by atoms with Gasteiger partial charge < -0.3 is 15.2 Å². The first-order chi connectivity index (χ1) is 11.1. The highest BCUT2D eigenvalue weighted by atomic mass is 32.2. The summed E-state index contributed by atoms with van der Waals surface area (Å²) in [6.45, 7) is 2.08. The van der Waals surface area contributed by atoms with Gasteiger partial charge in [-0.1, -0.05) is 29.8 Å². The van der Waals surface area contributed by atoms with E-state index in [4.69, 9.17) is 4.74 Å². The summed E-state index contributed by atoms with van der Waals surface area (Å²) < 4.78 is 5.39. The molecule has 0 aliphatic heterocycles. The molecule has 122 valence electrons. The average Bonchev–Trinajstić information content (AvgIpc) is 2.59. The van der Waals surface area contributed by atoms with Crippen LogP contribution in [0.3, 0.4) is 0 Å². The fraction of sp³-hybridized carbons (Fsp3) is 0.278. The van der Waals surface area contributed by atoms with Crippen LogP contribution in [0.4, 0.5) is 0 Å². The van der Waals surface area contributed by atoms with E-state index in [-0.39, 0.29) is 19.1 Å². The Labute approximate surface area is 140 Å². The molecule has 0 saturated carbocycles. The third-order valence-electron chi connectivity index (χ3n) is 3.38. The third-order valence-corrected chi connectivity index (χ3v) is 4.13. The zero-order valence-electron chi connectivity index (χ0n) is 13.3. The van der Waals surface area contributed by atoms with E-state index < -0.39 is 6.10 Å². The first kappa shape index (κ1) is 17.4. The predicted molar refractivity (Wildman–Crippen MR) is 92.9 cm³/mol. The maximum atomic E-state index is 11.8. The molecule has 0 aliphatic rings. The number of carbonyl (C=O) groups excluding carboxylic acids is 1. The number of carbonyl (C=O) groups is 1. The molecule has 2 aromatic carbocycles. The lowest BCUT2D eigenvalue weighted by atomic mass is 10.1. The molecule has 1 unspecified atom stereocenters. The molecule has 0 bridgehead atoms. The SMILES string of the molecule is CSc1ccc(C(O)CNC(=O)COc2ccc(C)cc2)cc1. The molecule has 1 atom stereocenters. The van der Waals surface area contributed by atoms with Gasteiger partial charge in [0.05, 0.1) is 6.10 Å². The molecule has 5 heteroatoms. The maximum absolute atomic E-state index is 11.8. The van der Waals surface area contributed by atoms with E-state index in [0.717, 1.165) is 16.0 Å². The topological polar surface area (TPSA) is 58.6 Å². The van der Waals surface area contributed by atoms with Gasteiger partial charge in [-0.15, -0.1) is 11.8 Å². The third kappa shape index (κ3) is 5.62. The molecular formula is C18H21NO3S. The van der Waals surface area contributed by atoms with E-state index in [0.29, 0.717) is 5.75 Å². The van der Waals surface area contributed by atoms with Crippen molar-refractivity contribution in [2.24, 2.45) is 0 Å². The zero-order valence-corrected chi connectivity index (χ0v) is 14.1. The summed E-state index contributed by atoms with van der Waals surface area (Å²) in [5.74, 6) is 0.393. The second-order valence-electron chi connectivity index (χ2n) is 5.19. The van der Waals surface area contributed by atoms with E-state index in [1.54, 1.807) is 11.8 Å². The van der Waals surface area contributed by atoms with Gasteiger partial charge in [0.15, 0.2) is 6.61 Å². The highest BCUT2D eigenvalue weighted by Gasteiger charge is 2.10.